The molecule has 150 valence electrons. The fraction of sp³-hybridized carbons (Fsp3) is 0.450. The monoisotopic (exact) mass is 402 g/mol. The van der Waals surface area contributed by atoms with Crippen molar-refractivity contribution in [3.05, 3.63) is 46.3 Å². The number of aromatic amines is 1. The molecule has 3 aromatic rings. The number of aryl methyl sites for hydroxylation is 1. The van der Waals surface area contributed by atoms with Crippen LogP contribution in [0, 0.1) is 6.92 Å². The number of amides is 1. The molecule has 0 fully saturated rings. The highest BCUT2D eigenvalue weighted by atomic mass is 32.2. The third kappa shape index (κ3) is 4.49. The highest BCUT2D eigenvalue weighted by Crippen LogP contribution is 2.20. The molecule has 0 aliphatic carbocycles. The molecular formula is C20H26N4O3S. The maximum absolute atomic E-state index is 13.0. The fourth-order valence-electron chi connectivity index (χ4n) is 3.04. The van der Waals surface area contributed by atoms with E-state index in [4.69, 9.17) is 4.42 Å². The number of unbranched alkanes of at least 4 members (excludes halogenated alkanes) is 1. The first-order valence-corrected chi connectivity index (χ1v) is 10.5. The van der Waals surface area contributed by atoms with E-state index in [1.807, 2.05) is 30.9 Å². The molecule has 0 saturated carbocycles. The molecule has 0 bridgehead atoms. The Morgan fingerprint density at radius 1 is 1.39 bits per heavy atom. The van der Waals surface area contributed by atoms with E-state index in [9.17, 15) is 9.59 Å². The lowest BCUT2D eigenvalue weighted by molar-refractivity contribution is -0.128. The molecule has 0 aromatic carbocycles. The summed E-state index contributed by atoms with van der Waals surface area (Å²) in [6.45, 7) is 7.70. The van der Waals surface area contributed by atoms with E-state index in [1.54, 1.807) is 16.9 Å². The second kappa shape index (κ2) is 9.14. The van der Waals surface area contributed by atoms with Gasteiger partial charge in [-0.3, -0.25) is 14.2 Å². The quantitative estimate of drug-likeness (QED) is 0.438. The molecule has 0 unspecified atom stereocenters. The number of H-pyrrole nitrogens is 1. The first-order valence-electron chi connectivity index (χ1n) is 9.56. The van der Waals surface area contributed by atoms with Crippen molar-refractivity contribution in [3.63, 3.8) is 0 Å². The van der Waals surface area contributed by atoms with E-state index in [0.29, 0.717) is 28.5 Å². The number of furan rings is 1. The number of nitrogens with one attached hydrogen (secondary N) is 1. The van der Waals surface area contributed by atoms with Gasteiger partial charge in [0.25, 0.3) is 5.56 Å². The van der Waals surface area contributed by atoms with E-state index in [-0.39, 0.29) is 23.8 Å². The second-order valence-electron chi connectivity index (χ2n) is 6.69. The van der Waals surface area contributed by atoms with Crippen molar-refractivity contribution < 1.29 is 9.21 Å². The molecule has 8 heteroatoms. The number of hydrogen-bond acceptors (Lipinski definition) is 5. The highest BCUT2D eigenvalue weighted by molar-refractivity contribution is 7.99. The predicted molar refractivity (Wildman–Crippen MR) is 111 cm³/mol. The number of nitrogens with zero attached hydrogens (tertiary/aromatic N) is 3. The van der Waals surface area contributed by atoms with Crippen molar-refractivity contribution in [2.75, 3.05) is 18.8 Å². The summed E-state index contributed by atoms with van der Waals surface area (Å²) < 4.78 is 6.97. The highest BCUT2D eigenvalue weighted by Gasteiger charge is 2.18. The van der Waals surface area contributed by atoms with Crippen LogP contribution in [0.4, 0.5) is 0 Å². The van der Waals surface area contributed by atoms with Crippen molar-refractivity contribution in [3.8, 4) is 0 Å². The van der Waals surface area contributed by atoms with Gasteiger partial charge in [-0.2, -0.15) is 0 Å². The van der Waals surface area contributed by atoms with Crippen LogP contribution in [-0.4, -0.2) is 44.2 Å². The Kier molecular flexibility index (Phi) is 6.61. The van der Waals surface area contributed by atoms with E-state index in [0.717, 1.165) is 25.1 Å². The number of rotatable bonds is 9. The van der Waals surface area contributed by atoms with E-state index < -0.39 is 0 Å². The van der Waals surface area contributed by atoms with Crippen LogP contribution < -0.4 is 5.56 Å². The minimum atomic E-state index is -0.164. The molecular weight excluding hydrogens is 376 g/mol. The minimum Gasteiger partial charge on any atom is -0.467 e. The predicted octanol–water partition coefficient (Wildman–Crippen LogP) is 3.42. The van der Waals surface area contributed by atoms with Gasteiger partial charge >= 0.3 is 0 Å². The molecule has 1 amide bonds. The summed E-state index contributed by atoms with van der Waals surface area (Å²) in [4.78, 5) is 35.2. The lowest BCUT2D eigenvalue weighted by atomic mass is 10.3. The third-order valence-electron chi connectivity index (χ3n) is 4.57. The van der Waals surface area contributed by atoms with E-state index in [2.05, 4.69) is 16.9 Å². The minimum absolute atomic E-state index is 0.0603. The molecule has 28 heavy (non-hydrogen) atoms. The summed E-state index contributed by atoms with van der Waals surface area (Å²) in [5.74, 6) is 0.972. The van der Waals surface area contributed by atoms with Gasteiger partial charge in [0.2, 0.25) is 5.91 Å². The zero-order valence-electron chi connectivity index (χ0n) is 16.5. The van der Waals surface area contributed by atoms with Crippen LogP contribution in [0.15, 0.2) is 38.8 Å². The van der Waals surface area contributed by atoms with Gasteiger partial charge < -0.3 is 14.3 Å². The lowest BCUT2D eigenvalue weighted by Gasteiger charge is -2.20. The topological polar surface area (TPSA) is 84.1 Å². The first-order chi connectivity index (χ1) is 13.5. The van der Waals surface area contributed by atoms with Crippen molar-refractivity contribution in [1.29, 1.82) is 0 Å². The van der Waals surface area contributed by atoms with Crippen molar-refractivity contribution >= 4 is 28.7 Å². The van der Waals surface area contributed by atoms with Crippen LogP contribution >= 0.6 is 11.8 Å². The molecule has 0 spiro atoms. The van der Waals surface area contributed by atoms with E-state index >= 15 is 0 Å². The Morgan fingerprint density at radius 2 is 2.21 bits per heavy atom. The van der Waals surface area contributed by atoms with Gasteiger partial charge in [-0.05, 0) is 38.5 Å². The molecule has 0 aliphatic heterocycles. The Morgan fingerprint density at radius 3 is 2.89 bits per heavy atom. The molecule has 0 radical (unpaired) electrons. The van der Waals surface area contributed by atoms with Gasteiger partial charge in [-0.15, -0.1) is 0 Å². The SMILES string of the molecule is CCCCN(CC)C(=O)CSc1nc2cc(C)[nH]c2c(=O)n1Cc1ccco1. The number of aromatic nitrogens is 3. The van der Waals surface area contributed by atoms with Gasteiger partial charge in [0.1, 0.15) is 11.3 Å². The molecule has 3 rings (SSSR count). The summed E-state index contributed by atoms with van der Waals surface area (Å²) in [5.41, 5.74) is 1.80. The maximum atomic E-state index is 13.0. The Labute approximate surface area is 168 Å². The lowest BCUT2D eigenvalue weighted by Crippen LogP contribution is -2.33. The number of carbonyl (C=O) groups is 1. The molecule has 0 atom stereocenters. The summed E-state index contributed by atoms with van der Waals surface area (Å²) in [6.07, 6.45) is 3.61. The zero-order valence-corrected chi connectivity index (χ0v) is 17.3. The van der Waals surface area contributed by atoms with Gasteiger partial charge in [-0.1, -0.05) is 25.1 Å². The Bertz CT molecular complexity index is 991. The molecule has 3 heterocycles. The number of fused-ring (bicyclic) bond motifs is 1. The standard InChI is InChI=1S/C20H26N4O3S/c1-4-6-9-23(5-2)17(25)13-28-20-22-16-11-14(3)21-18(16)19(26)24(20)12-15-8-7-10-27-15/h7-8,10-11,21H,4-6,9,12-13H2,1-3H3. The second-order valence-corrected chi connectivity index (χ2v) is 7.64. The van der Waals surface area contributed by atoms with Crippen LogP contribution in [0.25, 0.3) is 11.0 Å². The Hall–Kier alpha value is -2.48. The van der Waals surface area contributed by atoms with Gasteiger partial charge in [-0.25, -0.2) is 4.98 Å². The molecule has 0 saturated heterocycles. The molecule has 3 aromatic heterocycles. The van der Waals surface area contributed by atoms with Crippen LogP contribution in [-0.2, 0) is 11.3 Å². The third-order valence-corrected chi connectivity index (χ3v) is 5.53. The zero-order chi connectivity index (χ0) is 20.1. The van der Waals surface area contributed by atoms with Crippen molar-refractivity contribution in [1.82, 2.24) is 19.4 Å². The van der Waals surface area contributed by atoms with Gasteiger partial charge in [0, 0.05) is 18.8 Å². The summed E-state index contributed by atoms with van der Waals surface area (Å²) in [6, 6.07) is 5.45. The van der Waals surface area contributed by atoms with Gasteiger partial charge in [0.15, 0.2) is 5.16 Å². The average molecular weight is 403 g/mol. The smallest absolute Gasteiger partial charge is 0.278 e. The average Bonchev–Trinajstić information content (AvgIpc) is 3.32. The molecule has 7 nitrogen and oxygen atoms in total. The molecule has 0 aliphatic rings. The van der Waals surface area contributed by atoms with Crippen LogP contribution in [0.1, 0.15) is 38.1 Å². The fourth-order valence-corrected chi connectivity index (χ4v) is 3.95. The van der Waals surface area contributed by atoms with Crippen LogP contribution in [0.3, 0.4) is 0 Å². The maximum Gasteiger partial charge on any atom is 0.278 e. The van der Waals surface area contributed by atoms with Crippen molar-refractivity contribution in [2.24, 2.45) is 0 Å². The van der Waals surface area contributed by atoms with Crippen LogP contribution in [0.2, 0.25) is 0 Å². The summed E-state index contributed by atoms with van der Waals surface area (Å²) in [5, 5.41) is 0.521. The summed E-state index contributed by atoms with van der Waals surface area (Å²) >= 11 is 1.30. The number of hydrogen-bond donors (Lipinski definition) is 1. The normalized spacial score (nSPS) is 11.2. The van der Waals surface area contributed by atoms with E-state index in [1.165, 1.54) is 11.8 Å². The molecule has 1 N–H and O–H groups in total. The largest absolute Gasteiger partial charge is 0.467 e. The number of thioether (sulfide) groups is 1. The first kappa shape index (κ1) is 20.3. The number of carbonyl (C=O) groups excluding carboxylic acids is 1. The van der Waals surface area contributed by atoms with Crippen molar-refractivity contribution in [2.45, 2.75) is 45.3 Å². The van der Waals surface area contributed by atoms with Gasteiger partial charge in [0.05, 0.1) is 24.1 Å². The van der Waals surface area contributed by atoms with Crippen LogP contribution in [0.5, 0.6) is 0 Å². The summed E-state index contributed by atoms with van der Waals surface area (Å²) in [7, 11) is 0. The Balaban J connectivity index is 1.88.